The monoisotopic (exact) mass is 322 g/mol. The molecule has 0 aromatic carbocycles. The van der Waals surface area contributed by atoms with Gasteiger partial charge in [-0.1, -0.05) is 25.7 Å². The van der Waals surface area contributed by atoms with Crippen LogP contribution >= 0.6 is 0 Å². The van der Waals surface area contributed by atoms with Crippen LogP contribution in [0.2, 0.25) is 0 Å². The fourth-order valence-corrected chi connectivity index (χ4v) is 2.91. The average Bonchev–Trinajstić information content (AvgIpc) is 2.81. The Morgan fingerprint density at radius 3 is 2.57 bits per heavy atom. The second kappa shape index (κ2) is 8.67. The molecule has 2 N–H and O–H groups in total. The highest BCUT2D eigenvalue weighted by Gasteiger charge is 2.11. The molecule has 7 heteroatoms. The lowest BCUT2D eigenvalue weighted by molar-refractivity contribution is -0.121. The van der Waals surface area contributed by atoms with E-state index in [1.165, 1.54) is 62.4 Å². The molecule has 1 heterocycles. The highest BCUT2D eigenvalue weighted by molar-refractivity contribution is 5.75. The van der Waals surface area contributed by atoms with E-state index in [1.54, 1.807) is 0 Å². The molecule has 1 aromatic rings. The van der Waals surface area contributed by atoms with Crippen LogP contribution in [0, 0.1) is 0 Å². The topological polar surface area (TPSA) is 85.1 Å². The number of carbonyl (C=O) groups excluding carboxylic acids is 1. The number of amides is 1. The fourth-order valence-electron chi connectivity index (χ4n) is 2.91. The molecule has 0 bridgehead atoms. The van der Waals surface area contributed by atoms with Crippen molar-refractivity contribution >= 4 is 5.91 Å². The van der Waals surface area contributed by atoms with Crippen molar-refractivity contribution in [1.29, 1.82) is 0 Å². The van der Waals surface area contributed by atoms with Crippen molar-refractivity contribution in [2.75, 3.05) is 13.1 Å². The van der Waals surface area contributed by atoms with E-state index in [9.17, 15) is 14.4 Å². The lowest BCUT2D eigenvalue weighted by Crippen LogP contribution is -2.42. The molecule has 1 aromatic heterocycles. The van der Waals surface area contributed by atoms with Crippen LogP contribution < -0.4 is 21.9 Å². The first-order chi connectivity index (χ1) is 11.1. The van der Waals surface area contributed by atoms with Crippen LogP contribution in [-0.4, -0.2) is 34.2 Å². The minimum Gasteiger partial charge on any atom is -0.353 e. The third-order valence-corrected chi connectivity index (χ3v) is 4.31. The summed E-state index contributed by atoms with van der Waals surface area (Å²) < 4.78 is 2.22. The molecule has 128 valence electrons. The summed E-state index contributed by atoms with van der Waals surface area (Å²) in [5.74, 6) is -0.228. The first-order valence-corrected chi connectivity index (χ1v) is 8.34. The van der Waals surface area contributed by atoms with Gasteiger partial charge < -0.3 is 10.6 Å². The summed E-state index contributed by atoms with van der Waals surface area (Å²) >= 11 is 0. The van der Waals surface area contributed by atoms with E-state index >= 15 is 0 Å². The summed E-state index contributed by atoms with van der Waals surface area (Å²) in [5.41, 5.74) is -0.858. The van der Waals surface area contributed by atoms with E-state index in [1.807, 2.05) is 0 Å². The van der Waals surface area contributed by atoms with Gasteiger partial charge in [-0.3, -0.25) is 18.7 Å². The van der Waals surface area contributed by atoms with E-state index in [2.05, 4.69) is 10.6 Å². The Morgan fingerprint density at radius 2 is 1.87 bits per heavy atom. The van der Waals surface area contributed by atoms with Gasteiger partial charge in [0.1, 0.15) is 6.54 Å². The SMILES string of the molecule is Cn1c(=O)ccn(CC(=O)NCCNC2CCCCCC2)c1=O. The van der Waals surface area contributed by atoms with E-state index in [0.29, 0.717) is 12.6 Å². The standard InChI is InChI=1S/C16H26N4O3/c1-19-15(22)8-11-20(16(19)23)12-14(21)18-10-9-17-13-6-4-2-3-5-7-13/h8,11,13,17H,2-7,9-10,12H2,1H3,(H,18,21). The predicted octanol–water partition coefficient (Wildman–Crippen LogP) is -0.0244. The summed E-state index contributed by atoms with van der Waals surface area (Å²) in [5, 5.41) is 6.28. The summed E-state index contributed by atoms with van der Waals surface area (Å²) in [6.07, 6.45) is 8.97. The molecule has 0 spiro atoms. The van der Waals surface area contributed by atoms with Crippen molar-refractivity contribution in [3.63, 3.8) is 0 Å². The second-order valence-electron chi connectivity index (χ2n) is 6.12. The zero-order valence-electron chi connectivity index (χ0n) is 13.7. The highest BCUT2D eigenvalue weighted by Crippen LogP contribution is 2.16. The molecule has 0 aliphatic heterocycles. The Morgan fingerprint density at radius 1 is 1.17 bits per heavy atom. The van der Waals surface area contributed by atoms with Crippen LogP contribution in [-0.2, 0) is 18.4 Å². The average molecular weight is 322 g/mol. The largest absolute Gasteiger partial charge is 0.353 e. The van der Waals surface area contributed by atoms with Crippen LogP contribution in [0.3, 0.4) is 0 Å². The molecule has 1 saturated carbocycles. The molecule has 1 amide bonds. The molecular weight excluding hydrogens is 296 g/mol. The van der Waals surface area contributed by atoms with Gasteiger partial charge in [0.2, 0.25) is 5.91 Å². The third-order valence-electron chi connectivity index (χ3n) is 4.31. The minimum absolute atomic E-state index is 0.0730. The van der Waals surface area contributed by atoms with Crippen LogP contribution in [0.15, 0.2) is 21.9 Å². The van der Waals surface area contributed by atoms with Gasteiger partial charge in [-0.2, -0.15) is 0 Å². The van der Waals surface area contributed by atoms with E-state index in [-0.39, 0.29) is 18.0 Å². The molecular formula is C16H26N4O3. The number of nitrogens with zero attached hydrogens (tertiary/aromatic N) is 2. The Hall–Kier alpha value is -1.89. The van der Waals surface area contributed by atoms with E-state index in [4.69, 9.17) is 0 Å². The van der Waals surface area contributed by atoms with Crippen LogP contribution in [0.1, 0.15) is 38.5 Å². The van der Waals surface area contributed by atoms with E-state index < -0.39 is 5.69 Å². The van der Waals surface area contributed by atoms with Gasteiger partial charge in [0.25, 0.3) is 5.56 Å². The van der Waals surface area contributed by atoms with Gasteiger partial charge in [-0.05, 0) is 12.8 Å². The Labute approximate surface area is 135 Å². The number of nitrogens with one attached hydrogen (secondary N) is 2. The van der Waals surface area contributed by atoms with Crippen molar-refractivity contribution in [3.05, 3.63) is 33.1 Å². The normalized spacial score (nSPS) is 16.0. The van der Waals surface area contributed by atoms with Crippen molar-refractivity contribution < 1.29 is 4.79 Å². The second-order valence-corrected chi connectivity index (χ2v) is 6.12. The zero-order chi connectivity index (χ0) is 16.7. The molecule has 1 aliphatic rings. The molecule has 0 unspecified atom stereocenters. The number of hydrogen-bond donors (Lipinski definition) is 2. The fraction of sp³-hybridized carbons (Fsp3) is 0.688. The lowest BCUT2D eigenvalue weighted by Gasteiger charge is -2.16. The predicted molar refractivity (Wildman–Crippen MR) is 88.4 cm³/mol. The Bertz CT molecular complexity index is 627. The first kappa shape index (κ1) is 17.5. The van der Waals surface area contributed by atoms with Gasteiger partial charge in [-0.25, -0.2) is 4.79 Å². The van der Waals surface area contributed by atoms with Crippen LogP contribution in [0.5, 0.6) is 0 Å². The molecule has 0 radical (unpaired) electrons. The van der Waals surface area contributed by atoms with Crippen molar-refractivity contribution in [2.24, 2.45) is 7.05 Å². The maximum atomic E-state index is 11.9. The van der Waals surface area contributed by atoms with Crippen molar-refractivity contribution in [3.8, 4) is 0 Å². The molecule has 1 fully saturated rings. The number of aromatic nitrogens is 2. The van der Waals surface area contributed by atoms with Gasteiger partial charge >= 0.3 is 5.69 Å². The summed E-state index contributed by atoms with van der Waals surface area (Å²) in [7, 11) is 1.40. The quantitative estimate of drug-likeness (QED) is 0.569. The third kappa shape index (κ3) is 5.35. The van der Waals surface area contributed by atoms with E-state index in [0.717, 1.165) is 11.1 Å². The molecule has 2 rings (SSSR count). The lowest BCUT2D eigenvalue weighted by atomic mass is 10.1. The highest BCUT2D eigenvalue weighted by atomic mass is 16.2. The first-order valence-electron chi connectivity index (χ1n) is 8.34. The van der Waals surface area contributed by atoms with Crippen molar-refractivity contribution in [1.82, 2.24) is 19.8 Å². The van der Waals surface area contributed by atoms with Gasteiger partial charge in [0.15, 0.2) is 0 Å². The van der Waals surface area contributed by atoms with Gasteiger partial charge in [0.05, 0.1) is 0 Å². The maximum Gasteiger partial charge on any atom is 0.331 e. The minimum atomic E-state index is -0.482. The van der Waals surface area contributed by atoms with Crippen LogP contribution in [0.25, 0.3) is 0 Å². The Balaban J connectivity index is 1.72. The van der Waals surface area contributed by atoms with Crippen molar-refractivity contribution in [2.45, 2.75) is 51.1 Å². The summed E-state index contributed by atoms with van der Waals surface area (Å²) in [4.78, 5) is 35.0. The zero-order valence-corrected chi connectivity index (χ0v) is 13.7. The van der Waals surface area contributed by atoms with Crippen LogP contribution in [0.4, 0.5) is 0 Å². The molecule has 23 heavy (non-hydrogen) atoms. The van der Waals surface area contributed by atoms with Gasteiger partial charge in [-0.15, -0.1) is 0 Å². The molecule has 0 saturated heterocycles. The smallest absolute Gasteiger partial charge is 0.331 e. The Kier molecular flexibility index (Phi) is 6.58. The number of hydrogen-bond acceptors (Lipinski definition) is 4. The molecule has 7 nitrogen and oxygen atoms in total. The number of rotatable bonds is 6. The maximum absolute atomic E-state index is 11.9. The number of carbonyl (C=O) groups is 1. The molecule has 0 atom stereocenters. The molecule has 1 aliphatic carbocycles. The summed E-state index contributed by atoms with van der Waals surface area (Å²) in [6, 6.07) is 1.84. The summed E-state index contributed by atoms with van der Waals surface area (Å²) in [6.45, 7) is 1.20. The van der Waals surface area contributed by atoms with Gasteiger partial charge in [0, 0.05) is 38.4 Å².